The summed E-state index contributed by atoms with van der Waals surface area (Å²) in [6.45, 7) is 3.02. The fraction of sp³-hybridized carbons (Fsp3) is 0.625. The first-order chi connectivity index (χ1) is 9.65. The molecule has 20 heavy (non-hydrogen) atoms. The number of nitrogens with zero attached hydrogens (tertiary/aromatic N) is 1. The van der Waals surface area contributed by atoms with Gasteiger partial charge in [-0.25, -0.2) is 9.36 Å². The van der Waals surface area contributed by atoms with Crippen LogP contribution in [0.25, 0.3) is 0 Å². The summed E-state index contributed by atoms with van der Waals surface area (Å²) in [4.78, 5) is 10.9. The Morgan fingerprint density at radius 2 is 1.70 bits per heavy atom. The predicted octanol–water partition coefficient (Wildman–Crippen LogP) is 3.40. The van der Waals surface area contributed by atoms with Gasteiger partial charge in [0.2, 0.25) is 0 Å². The smallest absolute Gasteiger partial charge is 0.339 e. The number of hydrogen-bond acceptors (Lipinski definition) is 2. The monoisotopic (exact) mass is 279 g/mol. The third-order valence-electron chi connectivity index (χ3n) is 3.56. The van der Waals surface area contributed by atoms with Crippen LogP contribution in [0.1, 0.15) is 68.6 Å². The SMILES string of the molecule is CCCCCCCCCC[n+]1cc(C(=O)O)ccc1N. The lowest BCUT2D eigenvalue weighted by Crippen LogP contribution is -2.37. The molecule has 0 radical (unpaired) electrons. The summed E-state index contributed by atoms with van der Waals surface area (Å²) in [7, 11) is 0. The van der Waals surface area contributed by atoms with Crippen molar-refractivity contribution in [1.29, 1.82) is 0 Å². The minimum atomic E-state index is -0.908. The number of carboxylic acids is 1. The van der Waals surface area contributed by atoms with Crippen molar-refractivity contribution in [3.05, 3.63) is 23.9 Å². The van der Waals surface area contributed by atoms with Crippen molar-refractivity contribution in [1.82, 2.24) is 0 Å². The molecule has 0 atom stereocenters. The molecule has 1 aromatic heterocycles. The summed E-state index contributed by atoms with van der Waals surface area (Å²) in [5.41, 5.74) is 6.15. The molecule has 4 nitrogen and oxygen atoms in total. The number of pyridine rings is 1. The van der Waals surface area contributed by atoms with Gasteiger partial charge in [-0.2, -0.15) is 0 Å². The Morgan fingerprint density at radius 1 is 1.10 bits per heavy atom. The average Bonchev–Trinajstić information content (AvgIpc) is 2.43. The summed E-state index contributed by atoms with van der Waals surface area (Å²) in [6.07, 6.45) is 11.7. The van der Waals surface area contributed by atoms with Crippen LogP contribution in [0.3, 0.4) is 0 Å². The van der Waals surface area contributed by atoms with E-state index in [4.69, 9.17) is 10.8 Å². The first kappa shape index (κ1) is 16.5. The number of hydrogen-bond donors (Lipinski definition) is 2. The number of carboxylic acid groups (broad SMARTS) is 1. The maximum absolute atomic E-state index is 10.9. The number of aromatic carboxylic acids is 1. The molecule has 0 saturated carbocycles. The topological polar surface area (TPSA) is 67.2 Å². The van der Waals surface area contributed by atoms with Gasteiger partial charge in [0.05, 0.1) is 12.1 Å². The fourth-order valence-corrected chi connectivity index (χ4v) is 2.29. The number of aromatic nitrogens is 1. The normalized spacial score (nSPS) is 10.7. The van der Waals surface area contributed by atoms with Crippen molar-refractivity contribution in [2.45, 2.75) is 64.8 Å². The van der Waals surface area contributed by atoms with Crippen molar-refractivity contribution >= 4 is 11.8 Å². The molecule has 1 aromatic rings. The Morgan fingerprint density at radius 3 is 2.30 bits per heavy atom. The Kier molecular flexibility index (Phi) is 7.70. The molecule has 0 bridgehead atoms. The lowest BCUT2D eigenvalue weighted by molar-refractivity contribution is -0.683. The van der Waals surface area contributed by atoms with Crippen LogP contribution in [0.5, 0.6) is 0 Å². The van der Waals surface area contributed by atoms with E-state index in [0.717, 1.165) is 13.0 Å². The van der Waals surface area contributed by atoms with Crippen LogP contribution in [0.15, 0.2) is 18.3 Å². The van der Waals surface area contributed by atoms with Gasteiger partial charge in [0.15, 0.2) is 0 Å². The van der Waals surface area contributed by atoms with Crippen LogP contribution < -0.4 is 10.3 Å². The third-order valence-corrected chi connectivity index (χ3v) is 3.56. The van der Waals surface area contributed by atoms with Gasteiger partial charge >= 0.3 is 5.97 Å². The fourth-order valence-electron chi connectivity index (χ4n) is 2.29. The Bertz CT molecular complexity index is 419. The van der Waals surface area contributed by atoms with E-state index in [1.54, 1.807) is 18.3 Å². The van der Waals surface area contributed by atoms with Crippen LogP contribution in [0.2, 0.25) is 0 Å². The van der Waals surface area contributed by atoms with Gasteiger partial charge in [-0.3, -0.25) is 5.73 Å². The van der Waals surface area contributed by atoms with Crippen LogP contribution >= 0.6 is 0 Å². The predicted molar refractivity (Wildman–Crippen MR) is 80.6 cm³/mol. The zero-order valence-corrected chi connectivity index (χ0v) is 12.5. The summed E-state index contributed by atoms with van der Waals surface area (Å²) >= 11 is 0. The minimum absolute atomic E-state index is 0.291. The quantitative estimate of drug-likeness (QED) is 0.509. The lowest BCUT2D eigenvalue weighted by atomic mass is 10.1. The van der Waals surface area contributed by atoms with Gasteiger partial charge in [0.1, 0.15) is 6.20 Å². The summed E-state index contributed by atoms with van der Waals surface area (Å²) in [5, 5.41) is 8.96. The Labute approximate surface area is 121 Å². The van der Waals surface area contributed by atoms with Gasteiger partial charge in [0, 0.05) is 6.07 Å². The van der Waals surface area contributed by atoms with E-state index in [1.807, 2.05) is 4.57 Å². The molecule has 0 aliphatic carbocycles. The standard InChI is InChI=1S/C16H26N2O2/c1-2-3-4-5-6-7-8-9-12-18-13-14(16(19)20)10-11-15(18)17/h10-11,13,17H,2-9,12H2,1H3,(H,19,20)/p+1. The van der Waals surface area contributed by atoms with E-state index in [9.17, 15) is 4.79 Å². The van der Waals surface area contributed by atoms with Crippen LogP contribution in [-0.2, 0) is 6.54 Å². The number of aryl methyl sites for hydroxylation is 1. The molecule has 0 aliphatic heterocycles. The van der Waals surface area contributed by atoms with E-state index >= 15 is 0 Å². The number of anilines is 1. The highest BCUT2D eigenvalue weighted by Gasteiger charge is 2.10. The maximum Gasteiger partial charge on any atom is 0.339 e. The van der Waals surface area contributed by atoms with E-state index in [1.165, 1.54) is 44.9 Å². The van der Waals surface area contributed by atoms with E-state index in [2.05, 4.69) is 6.92 Å². The van der Waals surface area contributed by atoms with E-state index in [-0.39, 0.29) is 0 Å². The number of nitrogens with two attached hydrogens (primary N) is 1. The average molecular weight is 279 g/mol. The summed E-state index contributed by atoms with van der Waals surface area (Å²) in [6, 6.07) is 3.20. The number of nitrogen functional groups attached to an aromatic ring is 1. The second-order valence-electron chi connectivity index (χ2n) is 5.32. The third kappa shape index (κ3) is 6.04. The zero-order valence-electron chi connectivity index (χ0n) is 12.5. The van der Waals surface area contributed by atoms with Crippen molar-refractivity contribution in [2.75, 3.05) is 5.73 Å². The molecule has 0 aromatic carbocycles. The van der Waals surface area contributed by atoms with Gasteiger partial charge in [-0.1, -0.05) is 45.4 Å². The van der Waals surface area contributed by atoms with Crippen LogP contribution in [0, 0.1) is 0 Å². The van der Waals surface area contributed by atoms with Gasteiger partial charge in [-0.05, 0) is 18.9 Å². The molecule has 1 heterocycles. The van der Waals surface area contributed by atoms with E-state index < -0.39 is 5.97 Å². The van der Waals surface area contributed by atoms with Gasteiger partial charge < -0.3 is 5.11 Å². The molecule has 0 spiro atoms. The highest BCUT2D eigenvalue weighted by molar-refractivity contribution is 5.86. The molecule has 3 N–H and O–H groups in total. The lowest BCUT2D eigenvalue weighted by Gasteiger charge is -2.05. The summed E-state index contributed by atoms with van der Waals surface area (Å²) < 4.78 is 1.83. The molecule has 0 unspecified atom stereocenters. The molecule has 1 rings (SSSR count). The molecule has 0 fully saturated rings. The maximum atomic E-state index is 10.9. The van der Waals surface area contributed by atoms with Gasteiger partial charge in [0.25, 0.3) is 5.82 Å². The minimum Gasteiger partial charge on any atom is -0.478 e. The molecule has 0 saturated heterocycles. The molecule has 4 heteroatoms. The zero-order chi connectivity index (χ0) is 14.8. The number of carbonyl (C=O) groups is 1. The van der Waals surface area contributed by atoms with Crippen LogP contribution in [0.4, 0.5) is 5.82 Å². The highest BCUT2D eigenvalue weighted by atomic mass is 16.4. The van der Waals surface area contributed by atoms with Crippen molar-refractivity contribution in [3.8, 4) is 0 Å². The largest absolute Gasteiger partial charge is 0.478 e. The highest BCUT2D eigenvalue weighted by Crippen LogP contribution is 2.08. The Balaban J connectivity index is 2.24. The van der Waals surface area contributed by atoms with Crippen molar-refractivity contribution in [3.63, 3.8) is 0 Å². The molecular formula is C16H27N2O2+. The second-order valence-corrected chi connectivity index (χ2v) is 5.32. The van der Waals surface area contributed by atoms with Crippen molar-refractivity contribution in [2.24, 2.45) is 0 Å². The molecule has 112 valence electrons. The summed E-state index contributed by atoms with van der Waals surface area (Å²) in [5.74, 6) is -0.285. The molecule has 0 aliphatic rings. The first-order valence-corrected chi connectivity index (χ1v) is 7.67. The first-order valence-electron chi connectivity index (χ1n) is 7.67. The van der Waals surface area contributed by atoms with Gasteiger partial charge in [-0.15, -0.1) is 0 Å². The number of unbranched alkanes of at least 4 members (excludes halogenated alkanes) is 7. The van der Waals surface area contributed by atoms with E-state index in [0.29, 0.717) is 11.4 Å². The number of rotatable bonds is 10. The second kappa shape index (κ2) is 9.34. The van der Waals surface area contributed by atoms with Crippen molar-refractivity contribution < 1.29 is 14.5 Å². The Hall–Kier alpha value is -1.58. The molecular weight excluding hydrogens is 252 g/mol. The molecule has 0 amide bonds. The van der Waals surface area contributed by atoms with Crippen LogP contribution in [-0.4, -0.2) is 11.1 Å².